The standard InChI is InChI=1S/C17H22N4O4/c1-20-13-5-3-2-4-12(13)14(17(20)24)19-16(23)15(22)18-6-7-21-8-10-25-11-9-21/h2-5,14H,6-11H2,1H3,(H,18,22)(H,19,23)/t14-/m1/s1. The van der Waals surface area contributed by atoms with Crippen molar-refractivity contribution < 1.29 is 19.1 Å². The molecule has 2 N–H and O–H groups in total. The van der Waals surface area contributed by atoms with Crippen LogP contribution in [0.3, 0.4) is 0 Å². The quantitative estimate of drug-likeness (QED) is 0.702. The second-order valence-corrected chi connectivity index (χ2v) is 6.07. The van der Waals surface area contributed by atoms with Gasteiger partial charge in [-0.2, -0.15) is 0 Å². The Hall–Kier alpha value is -2.45. The van der Waals surface area contributed by atoms with Crippen molar-refractivity contribution in [2.24, 2.45) is 0 Å². The van der Waals surface area contributed by atoms with Crippen molar-refractivity contribution in [1.82, 2.24) is 15.5 Å². The fraction of sp³-hybridized carbons (Fsp3) is 0.471. The number of rotatable bonds is 4. The Morgan fingerprint density at radius 3 is 2.68 bits per heavy atom. The minimum Gasteiger partial charge on any atom is -0.379 e. The van der Waals surface area contributed by atoms with Crippen molar-refractivity contribution in [2.45, 2.75) is 6.04 Å². The zero-order chi connectivity index (χ0) is 17.8. The molecule has 1 aromatic rings. The molecule has 134 valence electrons. The van der Waals surface area contributed by atoms with E-state index in [1.165, 1.54) is 4.90 Å². The lowest BCUT2D eigenvalue weighted by Gasteiger charge is -2.26. The number of hydrogen-bond donors (Lipinski definition) is 2. The second kappa shape index (κ2) is 7.62. The van der Waals surface area contributed by atoms with Gasteiger partial charge in [0.15, 0.2) is 0 Å². The van der Waals surface area contributed by atoms with E-state index in [0.717, 1.165) is 18.8 Å². The first-order valence-electron chi connectivity index (χ1n) is 8.33. The van der Waals surface area contributed by atoms with Gasteiger partial charge in [-0.25, -0.2) is 0 Å². The minimum atomic E-state index is -0.821. The number of carbonyl (C=O) groups is 3. The molecule has 0 aromatic heterocycles. The van der Waals surface area contributed by atoms with Crippen LogP contribution in [0.15, 0.2) is 24.3 Å². The summed E-state index contributed by atoms with van der Waals surface area (Å²) in [5.41, 5.74) is 1.44. The second-order valence-electron chi connectivity index (χ2n) is 6.07. The largest absolute Gasteiger partial charge is 0.379 e. The molecular formula is C17H22N4O4. The number of amides is 3. The van der Waals surface area contributed by atoms with E-state index in [4.69, 9.17) is 4.74 Å². The number of hydrogen-bond acceptors (Lipinski definition) is 5. The lowest BCUT2D eigenvalue weighted by atomic mass is 10.1. The van der Waals surface area contributed by atoms with E-state index >= 15 is 0 Å². The van der Waals surface area contributed by atoms with Crippen LogP contribution in [0.1, 0.15) is 11.6 Å². The van der Waals surface area contributed by atoms with Crippen LogP contribution in [0.25, 0.3) is 0 Å². The lowest BCUT2D eigenvalue weighted by molar-refractivity contribution is -0.140. The van der Waals surface area contributed by atoms with Crippen molar-refractivity contribution in [3.63, 3.8) is 0 Å². The van der Waals surface area contributed by atoms with Crippen LogP contribution >= 0.6 is 0 Å². The first kappa shape index (κ1) is 17.4. The van der Waals surface area contributed by atoms with Crippen molar-refractivity contribution in [2.75, 3.05) is 51.3 Å². The highest BCUT2D eigenvalue weighted by Gasteiger charge is 2.36. The zero-order valence-electron chi connectivity index (χ0n) is 14.2. The Labute approximate surface area is 146 Å². The highest BCUT2D eigenvalue weighted by molar-refractivity contribution is 6.35. The van der Waals surface area contributed by atoms with Crippen LogP contribution in [0, 0.1) is 0 Å². The predicted molar refractivity (Wildman–Crippen MR) is 91.0 cm³/mol. The van der Waals surface area contributed by atoms with E-state index in [-0.39, 0.29) is 5.91 Å². The van der Waals surface area contributed by atoms with E-state index < -0.39 is 17.9 Å². The van der Waals surface area contributed by atoms with Crippen LogP contribution in [0.4, 0.5) is 5.69 Å². The molecule has 0 aliphatic carbocycles. The third-order valence-corrected chi connectivity index (χ3v) is 4.49. The average molecular weight is 346 g/mol. The summed E-state index contributed by atoms with van der Waals surface area (Å²) in [4.78, 5) is 40.0. The number of morpholine rings is 1. The molecule has 1 aromatic carbocycles. The number of likely N-dealkylation sites (N-methyl/N-ethyl adjacent to an activating group) is 1. The first-order chi connectivity index (χ1) is 12.1. The minimum absolute atomic E-state index is 0.254. The number of ether oxygens (including phenoxy) is 1. The molecule has 2 aliphatic rings. The summed E-state index contributed by atoms with van der Waals surface area (Å²) in [5.74, 6) is -1.78. The van der Waals surface area contributed by atoms with Gasteiger partial charge in [-0.3, -0.25) is 19.3 Å². The fourth-order valence-electron chi connectivity index (χ4n) is 3.05. The SMILES string of the molecule is CN1C(=O)[C@H](NC(=O)C(=O)NCCN2CCOCC2)c2ccccc21. The number of para-hydroxylation sites is 1. The number of anilines is 1. The van der Waals surface area contributed by atoms with Crippen molar-refractivity contribution in [3.8, 4) is 0 Å². The van der Waals surface area contributed by atoms with Gasteiger partial charge in [0, 0.05) is 44.5 Å². The van der Waals surface area contributed by atoms with E-state index in [1.54, 1.807) is 19.2 Å². The third kappa shape index (κ3) is 3.80. The van der Waals surface area contributed by atoms with Crippen LogP contribution < -0.4 is 15.5 Å². The van der Waals surface area contributed by atoms with Crippen LogP contribution in [0.2, 0.25) is 0 Å². The Balaban J connectivity index is 1.51. The maximum absolute atomic E-state index is 12.3. The van der Waals surface area contributed by atoms with Gasteiger partial charge in [0.05, 0.1) is 13.2 Å². The number of nitrogens with one attached hydrogen (secondary N) is 2. The molecule has 2 heterocycles. The molecule has 8 heteroatoms. The molecule has 1 saturated heterocycles. The number of benzene rings is 1. The maximum Gasteiger partial charge on any atom is 0.310 e. The van der Waals surface area contributed by atoms with E-state index in [2.05, 4.69) is 15.5 Å². The summed E-state index contributed by atoms with van der Waals surface area (Å²) < 4.78 is 5.26. The average Bonchev–Trinajstić information content (AvgIpc) is 2.88. The van der Waals surface area contributed by atoms with Crippen molar-refractivity contribution in [3.05, 3.63) is 29.8 Å². The summed E-state index contributed by atoms with van der Waals surface area (Å²) in [6.45, 7) is 4.05. The lowest BCUT2D eigenvalue weighted by Crippen LogP contribution is -2.46. The molecule has 8 nitrogen and oxygen atoms in total. The third-order valence-electron chi connectivity index (χ3n) is 4.49. The Morgan fingerprint density at radius 1 is 1.20 bits per heavy atom. The summed E-state index contributed by atoms with van der Waals surface area (Å²) in [6, 6.07) is 6.39. The maximum atomic E-state index is 12.3. The smallest absolute Gasteiger partial charge is 0.310 e. The van der Waals surface area contributed by atoms with Gasteiger partial charge in [-0.05, 0) is 6.07 Å². The summed E-state index contributed by atoms with van der Waals surface area (Å²) in [6.07, 6.45) is 0. The molecule has 2 aliphatic heterocycles. The summed E-state index contributed by atoms with van der Waals surface area (Å²) in [7, 11) is 1.65. The van der Waals surface area contributed by atoms with Crippen LogP contribution in [-0.4, -0.2) is 69.1 Å². The zero-order valence-corrected chi connectivity index (χ0v) is 14.2. The number of nitrogens with zero attached hydrogens (tertiary/aromatic N) is 2. The van der Waals surface area contributed by atoms with Gasteiger partial charge < -0.3 is 20.3 Å². The Kier molecular flexibility index (Phi) is 5.30. The Morgan fingerprint density at radius 2 is 1.92 bits per heavy atom. The predicted octanol–water partition coefficient (Wildman–Crippen LogP) is -0.731. The molecule has 0 radical (unpaired) electrons. The summed E-state index contributed by atoms with van der Waals surface area (Å²) >= 11 is 0. The molecular weight excluding hydrogens is 324 g/mol. The topological polar surface area (TPSA) is 91.0 Å². The molecule has 3 rings (SSSR count). The van der Waals surface area contributed by atoms with Gasteiger partial charge in [0.2, 0.25) is 0 Å². The van der Waals surface area contributed by atoms with E-state index in [9.17, 15) is 14.4 Å². The fourth-order valence-corrected chi connectivity index (χ4v) is 3.05. The normalized spacial score (nSPS) is 20.3. The highest BCUT2D eigenvalue weighted by atomic mass is 16.5. The molecule has 1 fully saturated rings. The summed E-state index contributed by atoms with van der Waals surface area (Å²) in [5, 5.41) is 5.12. The van der Waals surface area contributed by atoms with Crippen molar-refractivity contribution in [1.29, 1.82) is 0 Å². The molecule has 25 heavy (non-hydrogen) atoms. The Bertz CT molecular complexity index is 672. The number of fused-ring (bicyclic) bond motifs is 1. The molecule has 0 spiro atoms. The van der Waals surface area contributed by atoms with Crippen LogP contribution in [0.5, 0.6) is 0 Å². The van der Waals surface area contributed by atoms with Gasteiger partial charge in [-0.1, -0.05) is 18.2 Å². The van der Waals surface area contributed by atoms with E-state index in [1.807, 2.05) is 12.1 Å². The van der Waals surface area contributed by atoms with E-state index in [0.29, 0.717) is 31.9 Å². The molecule has 0 unspecified atom stereocenters. The van der Waals surface area contributed by atoms with Gasteiger partial charge in [0.25, 0.3) is 5.91 Å². The monoisotopic (exact) mass is 346 g/mol. The highest BCUT2D eigenvalue weighted by Crippen LogP contribution is 2.34. The molecule has 0 saturated carbocycles. The van der Waals surface area contributed by atoms with Gasteiger partial charge >= 0.3 is 11.8 Å². The number of carbonyl (C=O) groups excluding carboxylic acids is 3. The van der Waals surface area contributed by atoms with Crippen molar-refractivity contribution >= 4 is 23.4 Å². The molecule has 1 atom stereocenters. The van der Waals surface area contributed by atoms with Gasteiger partial charge in [-0.15, -0.1) is 0 Å². The van der Waals surface area contributed by atoms with Crippen LogP contribution in [-0.2, 0) is 19.1 Å². The first-order valence-corrected chi connectivity index (χ1v) is 8.33. The molecule has 0 bridgehead atoms. The molecule has 3 amide bonds. The van der Waals surface area contributed by atoms with Gasteiger partial charge in [0.1, 0.15) is 6.04 Å².